The average molecular weight is 476 g/mol. The quantitative estimate of drug-likeness (QED) is 0.342. The summed E-state index contributed by atoms with van der Waals surface area (Å²) in [7, 11) is 0. The molecule has 1 fully saturated rings. The highest BCUT2D eigenvalue weighted by Gasteiger charge is 2.14. The maximum Gasteiger partial charge on any atom is 0.191 e. The molecule has 0 saturated heterocycles. The maximum atomic E-state index is 4.89. The summed E-state index contributed by atoms with van der Waals surface area (Å²) in [5, 5.41) is 15.2. The highest BCUT2D eigenvalue weighted by atomic mass is 127. The number of halogens is 1. The number of hydrogen-bond donors (Lipinski definition) is 2. The Balaban J connectivity index is 0.00000338. The van der Waals surface area contributed by atoms with E-state index in [1.807, 2.05) is 6.33 Å². The largest absolute Gasteiger partial charge is 0.355 e. The van der Waals surface area contributed by atoms with Crippen molar-refractivity contribution in [3.63, 3.8) is 0 Å². The standard InChI is InChI=1S/C19H36N6.HI/c1-5-18-24-22-14-25(18)12-11-20-19(23-16(4)15(2)3)21-13-17-9-7-6-8-10-17;/h14-17H,5-13H2,1-4H3,(H2,20,21,23);1H. The van der Waals surface area contributed by atoms with Gasteiger partial charge in [-0.3, -0.25) is 4.99 Å². The Kier molecular flexibility index (Phi) is 11.2. The minimum Gasteiger partial charge on any atom is -0.355 e. The fourth-order valence-electron chi connectivity index (χ4n) is 3.16. The third-order valence-corrected chi connectivity index (χ3v) is 5.25. The second kappa shape index (κ2) is 12.5. The van der Waals surface area contributed by atoms with Crippen molar-refractivity contribution in [2.75, 3.05) is 13.1 Å². The van der Waals surface area contributed by atoms with Gasteiger partial charge in [0.05, 0.1) is 0 Å². The lowest BCUT2D eigenvalue weighted by Gasteiger charge is -2.23. The first-order chi connectivity index (χ1) is 12.1. The molecule has 1 atom stereocenters. The highest BCUT2D eigenvalue weighted by Crippen LogP contribution is 2.23. The zero-order chi connectivity index (χ0) is 18.1. The van der Waals surface area contributed by atoms with Gasteiger partial charge in [0.1, 0.15) is 12.2 Å². The Morgan fingerprint density at radius 2 is 2.00 bits per heavy atom. The van der Waals surface area contributed by atoms with Gasteiger partial charge in [-0.25, -0.2) is 0 Å². The van der Waals surface area contributed by atoms with Gasteiger partial charge in [0, 0.05) is 32.1 Å². The van der Waals surface area contributed by atoms with Crippen molar-refractivity contribution in [1.82, 2.24) is 25.4 Å². The molecule has 1 unspecified atom stereocenters. The molecule has 0 aromatic carbocycles. The van der Waals surface area contributed by atoms with Crippen molar-refractivity contribution in [1.29, 1.82) is 0 Å². The van der Waals surface area contributed by atoms with Gasteiger partial charge in [0.25, 0.3) is 0 Å². The van der Waals surface area contributed by atoms with Gasteiger partial charge in [-0.15, -0.1) is 34.2 Å². The van der Waals surface area contributed by atoms with Crippen LogP contribution in [-0.2, 0) is 13.0 Å². The smallest absolute Gasteiger partial charge is 0.191 e. The predicted molar refractivity (Wildman–Crippen MR) is 119 cm³/mol. The van der Waals surface area contributed by atoms with Gasteiger partial charge in [-0.1, -0.05) is 40.0 Å². The third kappa shape index (κ3) is 7.80. The van der Waals surface area contributed by atoms with Crippen molar-refractivity contribution in [3.8, 4) is 0 Å². The van der Waals surface area contributed by atoms with E-state index in [0.717, 1.165) is 43.8 Å². The molecule has 0 bridgehead atoms. The Morgan fingerprint density at radius 1 is 1.27 bits per heavy atom. The third-order valence-electron chi connectivity index (χ3n) is 5.25. The maximum absolute atomic E-state index is 4.89. The lowest BCUT2D eigenvalue weighted by Crippen LogP contribution is -2.45. The molecule has 0 aliphatic heterocycles. The zero-order valence-electron chi connectivity index (χ0n) is 16.9. The van der Waals surface area contributed by atoms with Crippen molar-refractivity contribution < 1.29 is 0 Å². The van der Waals surface area contributed by atoms with E-state index in [4.69, 9.17) is 4.99 Å². The summed E-state index contributed by atoms with van der Waals surface area (Å²) in [6.07, 6.45) is 9.51. The molecule has 1 saturated carbocycles. The van der Waals surface area contributed by atoms with E-state index in [9.17, 15) is 0 Å². The Morgan fingerprint density at radius 3 is 2.65 bits per heavy atom. The monoisotopic (exact) mass is 476 g/mol. The minimum absolute atomic E-state index is 0. The van der Waals surface area contributed by atoms with Gasteiger partial charge in [-0.2, -0.15) is 0 Å². The average Bonchev–Trinajstić information content (AvgIpc) is 3.07. The van der Waals surface area contributed by atoms with Crippen LogP contribution in [0.4, 0.5) is 0 Å². The SMILES string of the molecule is CCc1nncn1CCNC(=NCC1CCCCC1)NC(C)C(C)C.I. The van der Waals surface area contributed by atoms with Crippen molar-refractivity contribution in [2.45, 2.75) is 78.8 Å². The molecule has 6 nitrogen and oxygen atoms in total. The predicted octanol–water partition coefficient (Wildman–Crippen LogP) is 3.62. The van der Waals surface area contributed by atoms with E-state index >= 15 is 0 Å². The molecule has 1 heterocycles. The highest BCUT2D eigenvalue weighted by molar-refractivity contribution is 14.0. The van der Waals surface area contributed by atoms with Crippen molar-refractivity contribution in [2.24, 2.45) is 16.8 Å². The normalized spacial score (nSPS) is 17.0. The van der Waals surface area contributed by atoms with Crippen LogP contribution in [0.5, 0.6) is 0 Å². The molecule has 150 valence electrons. The topological polar surface area (TPSA) is 67.1 Å². The van der Waals surface area contributed by atoms with Crippen LogP contribution >= 0.6 is 24.0 Å². The van der Waals surface area contributed by atoms with Crippen LogP contribution in [0.25, 0.3) is 0 Å². The van der Waals surface area contributed by atoms with E-state index in [2.05, 4.69) is 53.1 Å². The number of nitrogens with zero attached hydrogens (tertiary/aromatic N) is 4. The summed E-state index contributed by atoms with van der Waals surface area (Å²) in [5.41, 5.74) is 0. The van der Waals surface area contributed by atoms with Crippen LogP contribution in [0.15, 0.2) is 11.3 Å². The van der Waals surface area contributed by atoms with Crippen molar-refractivity contribution >= 4 is 29.9 Å². The summed E-state index contributed by atoms with van der Waals surface area (Å²) in [6.45, 7) is 11.4. The number of guanidine groups is 1. The number of aryl methyl sites for hydroxylation is 1. The first-order valence-corrected chi connectivity index (χ1v) is 10.0. The first kappa shape index (κ1) is 23.2. The lowest BCUT2D eigenvalue weighted by molar-refractivity contribution is 0.365. The summed E-state index contributed by atoms with van der Waals surface area (Å²) >= 11 is 0. The van der Waals surface area contributed by atoms with E-state index in [1.54, 1.807) is 0 Å². The second-order valence-electron chi connectivity index (χ2n) is 7.59. The van der Waals surface area contributed by atoms with Gasteiger partial charge in [0.15, 0.2) is 5.96 Å². The number of hydrogen-bond acceptors (Lipinski definition) is 3. The second-order valence-corrected chi connectivity index (χ2v) is 7.59. The van der Waals surface area contributed by atoms with Crippen molar-refractivity contribution in [3.05, 3.63) is 12.2 Å². The molecule has 26 heavy (non-hydrogen) atoms. The van der Waals surface area contributed by atoms with Crippen LogP contribution in [0.2, 0.25) is 0 Å². The molecule has 0 spiro atoms. The number of nitrogens with one attached hydrogen (secondary N) is 2. The number of aliphatic imine (C=N–C) groups is 1. The summed E-state index contributed by atoms with van der Waals surface area (Å²) in [4.78, 5) is 4.89. The van der Waals surface area contributed by atoms with Gasteiger partial charge in [-0.05, 0) is 31.6 Å². The summed E-state index contributed by atoms with van der Waals surface area (Å²) in [5.74, 6) is 3.31. The van der Waals surface area contributed by atoms with Crippen LogP contribution < -0.4 is 10.6 Å². The molecule has 1 aromatic rings. The van der Waals surface area contributed by atoms with E-state index in [0.29, 0.717) is 12.0 Å². The fraction of sp³-hybridized carbons (Fsp3) is 0.842. The lowest BCUT2D eigenvalue weighted by atomic mass is 9.89. The van der Waals surface area contributed by atoms with E-state index < -0.39 is 0 Å². The first-order valence-electron chi connectivity index (χ1n) is 10.0. The van der Waals surface area contributed by atoms with Gasteiger partial charge in [0.2, 0.25) is 0 Å². The molecule has 0 radical (unpaired) electrons. The number of aromatic nitrogens is 3. The fourth-order valence-corrected chi connectivity index (χ4v) is 3.16. The van der Waals surface area contributed by atoms with E-state index in [1.165, 1.54) is 32.1 Å². The molecular weight excluding hydrogens is 439 g/mol. The van der Waals surface area contributed by atoms with Crippen LogP contribution in [0.3, 0.4) is 0 Å². The summed E-state index contributed by atoms with van der Waals surface area (Å²) < 4.78 is 2.11. The van der Waals surface area contributed by atoms with Crippen LogP contribution in [0.1, 0.15) is 65.6 Å². The Hall–Kier alpha value is -0.860. The van der Waals surface area contributed by atoms with Crippen LogP contribution in [0, 0.1) is 11.8 Å². The molecular formula is C19H37IN6. The Bertz CT molecular complexity index is 522. The molecule has 1 aliphatic rings. The minimum atomic E-state index is 0. The number of rotatable bonds is 8. The van der Waals surface area contributed by atoms with Crippen LogP contribution in [-0.4, -0.2) is 39.9 Å². The molecule has 2 N–H and O–H groups in total. The van der Waals surface area contributed by atoms with Gasteiger partial charge >= 0.3 is 0 Å². The van der Waals surface area contributed by atoms with E-state index in [-0.39, 0.29) is 24.0 Å². The summed E-state index contributed by atoms with van der Waals surface area (Å²) in [6, 6.07) is 0.402. The zero-order valence-corrected chi connectivity index (χ0v) is 19.2. The molecule has 1 aromatic heterocycles. The molecule has 1 aliphatic carbocycles. The molecule has 0 amide bonds. The van der Waals surface area contributed by atoms with Gasteiger partial charge < -0.3 is 15.2 Å². The molecule has 2 rings (SSSR count). The Labute approximate surface area is 176 Å². The molecule has 7 heteroatoms.